The Bertz CT molecular complexity index is 1590. The molecule has 0 spiro atoms. The van der Waals surface area contributed by atoms with Gasteiger partial charge in [-0.15, -0.1) is 0 Å². The number of nitrogen functional groups attached to an aromatic ring is 1. The number of hydrogen-bond donors (Lipinski definition) is 1. The van der Waals surface area contributed by atoms with Crippen molar-refractivity contribution in [3.8, 4) is 17.1 Å². The van der Waals surface area contributed by atoms with Crippen LogP contribution >= 0.6 is 0 Å². The van der Waals surface area contributed by atoms with E-state index in [0.717, 1.165) is 22.3 Å². The van der Waals surface area contributed by atoms with Crippen LogP contribution in [0.3, 0.4) is 0 Å². The summed E-state index contributed by atoms with van der Waals surface area (Å²) in [6, 6.07) is 15.9. The van der Waals surface area contributed by atoms with Crippen molar-refractivity contribution >= 4 is 39.3 Å². The molecule has 0 aliphatic carbocycles. The molecule has 9 heteroatoms. The molecule has 4 heterocycles. The van der Waals surface area contributed by atoms with Gasteiger partial charge in [-0.1, -0.05) is 30.3 Å². The number of anilines is 1. The summed E-state index contributed by atoms with van der Waals surface area (Å²) in [6.45, 7) is 2.03. The largest absolute Gasteiger partial charge is 0.384 e. The number of rotatable bonds is 2. The van der Waals surface area contributed by atoms with E-state index in [4.69, 9.17) is 15.3 Å². The zero-order valence-electron chi connectivity index (χ0n) is 16.2. The molecular weight excluding hydrogens is 380 g/mol. The Labute approximate surface area is 169 Å². The average Bonchev–Trinajstić information content (AvgIpc) is 3.41. The molecule has 0 aliphatic heterocycles. The predicted octanol–water partition coefficient (Wildman–Crippen LogP) is 3.40. The highest BCUT2D eigenvalue weighted by Crippen LogP contribution is 2.38. The molecule has 0 saturated carbocycles. The van der Waals surface area contributed by atoms with Gasteiger partial charge in [-0.2, -0.15) is 0 Å². The van der Waals surface area contributed by atoms with E-state index in [-0.39, 0.29) is 0 Å². The summed E-state index contributed by atoms with van der Waals surface area (Å²) >= 11 is 0. The van der Waals surface area contributed by atoms with Crippen LogP contribution in [0.25, 0.3) is 50.6 Å². The first-order chi connectivity index (χ1) is 14.6. The quantitative estimate of drug-likeness (QED) is 0.477. The molecule has 0 saturated heterocycles. The van der Waals surface area contributed by atoms with E-state index in [0.29, 0.717) is 39.7 Å². The van der Waals surface area contributed by atoms with E-state index in [9.17, 15) is 0 Å². The van der Waals surface area contributed by atoms with Gasteiger partial charge in [-0.3, -0.25) is 4.57 Å². The smallest absolute Gasteiger partial charge is 0.245 e. The fourth-order valence-electron chi connectivity index (χ4n) is 3.95. The number of benzene rings is 2. The van der Waals surface area contributed by atoms with E-state index in [1.807, 2.05) is 71.6 Å². The molecule has 6 rings (SSSR count). The van der Waals surface area contributed by atoms with Gasteiger partial charge in [0, 0.05) is 7.05 Å². The van der Waals surface area contributed by atoms with Gasteiger partial charge in [0.15, 0.2) is 5.65 Å². The topological polar surface area (TPSA) is 113 Å². The molecule has 4 aromatic heterocycles. The summed E-state index contributed by atoms with van der Waals surface area (Å²) in [5, 5.41) is 7.72. The third-order valence-corrected chi connectivity index (χ3v) is 5.41. The van der Waals surface area contributed by atoms with Crippen molar-refractivity contribution in [2.45, 2.75) is 6.92 Å². The summed E-state index contributed by atoms with van der Waals surface area (Å²) in [5.74, 6) is 1.21. The average molecular weight is 396 g/mol. The molecule has 0 amide bonds. The Morgan fingerprint density at radius 3 is 2.43 bits per heavy atom. The van der Waals surface area contributed by atoms with Crippen molar-refractivity contribution in [3.63, 3.8) is 0 Å². The van der Waals surface area contributed by atoms with Crippen LogP contribution in [0.15, 0.2) is 53.2 Å². The molecule has 0 aliphatic rings. The summed E-state index contributed by atoms with van der Waals surface area (Å²) in [7, 11) is 1.96. The van der Waals surface area contributed by atoms with Crippen LogP contribution < -0.4 is 5.73 Å². The number of nitrogens with two attached hydrogens (primary N) is 1. The highest BCUT2D eigenvalue weighted by molar-refractivity contribution is 6.01. The lowest BCUT2D eigenvalue weighted by atomic mass is 10.2. The molecule has 0 atom stereocenters. The number of para-hydroxylation sites is 3. The van der Waals surface area contributed by atoms with Crippen molar-refractivity contribution in [1.29, 1.82) is 0 Å². The first-order valence-corrected chi connectivity index (χ1v) is 9.41. The van der Waals surface area contributed by atoms with E-state index >= 15 is 0 Å². The Morgan fingerprint density at radius 2 is 1.63 bits per heavy atom. The fraction of sp³-hybridized carbons (Fsp3) is 0.0952. The monoisotopic (exact) mass is 396 g/mol. The van der Waals surface area contributed by atoms with Crippen LogP contribution in [0.5, 0.6) is 0 Å². The fourth-order valence-corrected chi connectivity index (χ4v) is 3.95. The lowest BCUT2D eigenvalue weighted by Crippen LogP contribution is -2.04. The maximum atomic E-state index is 6.74. The second-order valence-electron chi connectivity index (χ2n) is 7.17. The van der Waals surface area contributed by atoms with Crippen molar-refractivity contribution in [1.82, 2.24) is 34.4 Å². The molecule has 2 aromatic carbocycles. The Balaban J connectivity index is 1.79. The Kier molecular flexibility index (Phi) is 3.26. The first kappa shape index (κ1) is 16.7. The minimum Gasteiger partial charge on any atom is -0.384 e. The first-order valence-electron chi connectivity index (χ1n) is 9.41. The van der Waals surface area contributed by atoms with Crippen LogP contribution in [-0.2, 0) is 7.05 Å². The number of hydrogen-bond acceptors (Lipinski definition) is 7. The Morgan fingerprint density at radius 1 is 0.900 bits per heavy atom. The third kappa shape index (κ3) is 2.14. The number of nitrogens with zero attached hydrogens (tertiary/aromatic N) is 7. The summed E-state index contributed by atoms with van der Waals surface area (Å²) in [4.78, 5) is 14.2. The standard InChI is InChI=1S/C21H16N8O/c1-11-7-3-5-9-13(11)29-17(22)15(16-21(29)25-19-18(24-16)26-30-27-19)20-23-12-8-4-6-10-14(12)28(20)2/h3-10H,22H2,1-2H3. The second kappa shape index (κ2) is 5.86. The third-order valence-electron chi connectivity index (χ3n) is 5.41. The van der Waals surface area contributed by atoms with Crippen molar-refractivity contribution in [3.05, 3.63) is 54.1 Å². The van der Waals surface area contributed by atoms with Gasteiger partial charge in [0.2, 0.25) is 11.3 Å². The molecule has 0 unspecified atom stereocenters. The molecular formula is C21H16N8O. The number of imidazole rings is 1. The van der Waals surface area contributed by atoms with Gasteiger partial charge < -0.3 is 10.3 Å². The van der Waals surface area contributed by atoms with E-state index in [1.54, 1.807) is 0 Å². The lowest BCUT2D eigenvalue weighted by Gasteiger charge is -2.10. The molecule has 9 nitrogen and oxygen atoms in total. The lowest BCUT2D eigenvalue weighted by molar-refractivity contribution is 0.314. The zero-order chi connectivity index (χ0) is 20.4. The second-order valence-corrected chi connectivity index (χ2v) is 7.17. The van der Waals surface area contributed by atoms with Crippen LogP contribution in [0.2, 0.25) is 0 Å². The molecule has 30 heavy (non-hydrogen) atoms. The van der Waals surface area contributed by atoms with Gasteiger partial charge in [-0.05, 0) is 41.0 Å². The minimum atomic E-state index is 0.324. The van der Waals surface area contributed by atoms with Crippen LogP contribution in [0.4, 0.5) is 5.82 Å². The van der Waals surface area contributed by atoms with Gasteiger partial charge in [-0.25, -0.2) is 19.6 Å². The molecule has 0 fully saturated rings. The van der Waals surface area contributed by atoms with E-state index in [1.165, 1.54) is 0 Å². The van der Waals surface area contributed by atoms with Crippen molar-refractivity contribution < 1.29 is 4.63 Å². The number of fused-ring (bicyclic) bond motifs is 3. The molecule has 0 radical (unpaired) electrons. The Hall–Kier alpha value is -4.27. The zero-order valence-corrected chi connectivity index (χ0v) is 16.2. The number of aromatic nitrogens is 7. The van der Waals surface area contributed by atoms with Crippen molar-refractivity contribution in [2.75, 3.05) is 5.73 Å². The normalized spacial score (nSPS) is 11.8. The van der Waals surface area contributed by atoms with Gasteiger partial charge in [0.25, 0.3) is 0 Å². The van der Waals surface area contributed by atoms with Gasteiger partial charge in [0.05, 0.1) is 22.3 Å². The van der Waals surface area contributed by atoms with E-state index < -0.39 is 0 Å². The molecule has 146 valence electrons. The number of aryl methyl sites for hydroxylation is 2. The SMILES string of the molecule is Cc1ccccc1-n1c(N)c(-c2nc3ccccc3n2C)c2nc3nonc3nc21. The van der Waals surface area contributed by atoms with E-state index in [2.05, 4.69) is 20.3 Å². The predicted molar refractivity (Wildman–Crippen MR) is 113 cm³/mol. The van der Waals surface area contributed by atoms with Crippen LogP contribution in [-0.4, -0.2) is 34.4 Å². The molecule has 2 N–H and O–H groups in total. The molecule has 0 bridgehead atoms. The maximum Gasteiger partial charge on any atom is 0.245 e. The van der Waals surface area contributed by atoms with Gasteiger partial charge >= 0.3 is 0 Å². The summed E-state index contributed by atoms with van der Waals surface area (Å²) in [6.07, 6.45) is 0. The van der Waals surface area contributed by atoms with Crippen molar-refractivity contribution in [2.24, 2.45) is 7.05 Å². The molecule has 6 aromatic rings. The van der Waals surface area contributed by atoms with Crippen LogP contribution in [0, 0.1) is 6.92 Å². The maximum absolute atomic E-state index is 6.74. The minimum absolute atomic E-state index is 0.324. The van der Waals surface area contributed by atoms with Crippen LogP contribution in [0.1, 0.15) is 5.56 Å². The highest BCUT2D eigenvalue weighted by atomic mass is 16.6. The highest BCUT2D eigenvalue weighted by Gasteiger charge is 2.26. The summed E-state index contributed by atoms with van der Waals surface area (Å²) < 4.78 is 8.73. The van der Waals surface area contributed by atoms with Gasteiger partial charge in [0.1, 0.15) is 17.2 Å². The summed E-state index contributed by atoms with van der Waals surface area (Å²) in [5.41, 5.74) is 13.1.